The SMILES string of the molecule is CC(=O)[C@H]1CC[C@H]2[C@@H]3CC[C@H]4C[C@H](OC(=O)c5ccccc5)CC[C@]4(C)[C@H]3C(=O)C[C@]12C. The number of carbonyl (C=O) groups is 3. The van der Waals surface area contributed by atoms with Crippen LogP contribution in [0.2, 0.25) is 0 Å². The van der Waals surface area contributed by atoms with Crippen LogP contribution in [0.25, 0.3) is 0 Å². The van der Waals surface area contributed by atoms with E-state index in [1.165, 1.54) is 0 Å². The Bertz CT molecular complexity index is 923. The highest BCUT2D eigenvalue weighted by Gasteiger charge is 2.63. The molecule has 0 aliphatic heterocycles. The van der Waals surface area contributed by atoms with Gasteiger partial charge in [0.25, 0.3) is 0 Å². The van der Waals surface area contributed by atoms with Gasteiger partial charge in [-0.05, 0) is 92.6 Å². The molecule has 0 spiro atoms. The van der Waals surface area contributed by atoms with Gasteiger partial charge in [0.2, 0.25) is 0 Å². The summed E-state index contributed by atoms with van der Waals surface area (Å²) < 4.78 is 5.90. The predicted octanol–water partition coefficient (Wildman–Crippen LogP) is 5.64. The molecule has 4 saturated carbocycles. The number of hydrogen-bond acceptors (Lipinski definition) is 4. The zero-order valence-electron chi connectivity index (χ0n) is 19.6. The monoisotopic (exact) mass is 436 g/mol. The molecule has 0 aromatic heterocycles. The molecule has 32 heavy (non-hydrogen) atoms. The highest BCUT2D eigenvalue weighted by atomic mass is 16.5. The van der Waals surface area contributed by atoms with Gasteiger partial charge in [0.1, 0.15) is 17.7 Å². The molecule has 8 atom stereocenters. The summed E-state index contributed by atoms with van der Waals surface area (Å²) in [6.45, 7) is 6.27. The molecule has 4 fully saturated rings. The summed E-state index contributed by atoms with van der Waals surface area (Å²) in [5.74, 6) is 1.91. The number of rotatable bonds is 3. The molecule has 4 heteroatoms. The first-order valence-corrected chi connectivity index (χ1v) is 12.5. The third-order valence-corrected chi connectivity index (χ3v) is 10.1. The van der Waals surface area contributed by atoms with Crippen molar-refractivity contribution in [1.82, 2.24) is 0 Å². The Labute approximate surface area is 191 Å². The minimum atomic E-state index is -0.237. The van der Waals surface area contributed by atoms with Crippen molar-refractivity contribution in [3.05, 3.63) is 35.9 Å². The summed E-state index contributed by atoms with van der Waals surface area (Å²) in [6, 6.07) is 9.22. The molecule has 0 N–H and O–H groups in total. The molecular formula is C28H36O4. The Morgan fingerprint density at radius 3 is 2.44 bits per heavy atom. The van der Waals surface area contributed by atoms with Crippen LogP contribution in [-0.2, 0) is 14.3 Å². The fourth-order valence-electron chi connectivity index (χ4n) is 8.60. The van der Waals surface area contributed by atoms with E-state index in [4.69, 9.17) is 4.74 Å². The van der Waals surface area contributed by atoms with Crippen molar-refractivity contribution in [2.45, 2.75) is 78.2 Å². The van der Waals surface area contributed by atoms with E-state index in [9.17, 15) is 14.4 Å². The van der Waals surface area contributed by atoms with Gasteiger partial charge >= 0.3 is 5.97 Å². The van der Waals surface area contributed by atoms with Crippen molar-refractivity contribution in [1.29, 1.82) is 0 Å². The number of ketones is 2. The Kier molecular flexibility index (Phi) is 5.34. The summed E-state index contributed by atoms with van der Waals surface area (Å²) >= 11 is 0. The highest BCUT2D eigenvalue weighted by molar-refractivity contribution is 5.89. The zero-order valence-corrected chi connectivity index (χ0v) is 19.6. The number of esters is 1. The molecule has 0 unspecified atom stereocenters. The van der Waals surface area contributed by atoms with Crippen molar-refractivity contribution in [3.63, 3.8) is 0 Å². The molecule has 0 saturated heterocycles. The Morgan fingerprint density at radius 2 is 1.72 bits per heavy atom. The minimum Gasteiger partial charge on any atom is -0.459 e. The Balaban J connectivity index is 1.33. The molecule has 4 nitrogen and oxygen atoms in total. The second-order valence-electron chi connectivity index (χ2n) is 11.6. The molecule has 0 radical (unpaired) electrons. The lowest BCUT2D eigenvalue weighted by atomic mass is 9.44. The fourth-order valence-corrected chi connectivity index (χ4v) is 8.60. The first-order chi connectivity index (χ1) is 15.2. The molecule has 0 amide bonds. The smallest absolute Gasteiger partial charge is 0.338 e. The van der Waals surface area contributed by atoms with E-state index in [0.717, 1.165) is 44.9 Å². The molecule has 4 aliphatic rings. The van der Waals surface area contributed by atoms with Gasteiger partial charge in [-0.3, -0.25) is 9.59 Å². The lowest BCUT2D eigenvalue weighted by Gasteiger charge is -2.59. The van der Waals surface area contributed by atoms with Gasteiger partial charge in [-0.2, -0.15) is 0 Å². The molecule has 0 bridgehead atoms. The van der Waals surface area contributed by atoms with Crippen LogP contribution in [0.3, 0.4) is 0 Å². The van der Waals surface area contributed by atoms with Crippen LogP contribution in [0.4, 0.5) is 0 Å². The van der Waals surface area contributed by atoms with Gasteiger partial charge in [-0.1, -0.05) is 32.0 Å². The number of Topliss-reactive ketones (excluding diaryl/α,β-unsaturated/α-hetero) is 2. The Morgan fingerprint density at radius 1 is 0.969 bits per heavy atom. The highest BCUT2D eigenvalue weighted by Crippen LogP contribution is 2.66. The average Bonchev–Trinajstić information content (AvgIpc) is 3.11. The van der Waals surface area contributed by atoms with Crippen LogP contribution in [0.1, 0.15) is 82.5 Å². The van der Waals surface area contributed by atoms with Crippen molar-refractivity contribution in [2.75, 3.05) is 0 Å². The van der Waals surface area contributed by atoms with Gasteiger partial charge in [0.15, 0.2) is 0 Å². The second-order valence-corrected chi connectivity index (χ2v) is 11.6. The third kappa shape index (κ3) is 3.28. The number of ether oxygens (including phenoxy) is 1. The summed E-state index contributed by atoms with van der Waals surface area (Å²) in [5.41, 5.74) is 0.452. The van der Waals surface area contributed by atoms with Gasteiger partial charge in [0, 0.05) is 18.3 Å². The predicted molar refractivity (Wildman–Crippen MR) is 122 cm³/mol. The van der Waals surface area contributed by atoms with Crippen LogP contribution in [0, 0.1) is 40.4 Å². The van der Waals surface area contributed by atoms with E-state index in [1.807, 2.05) is 18.2 Å². The van der Waals surface area contributed by atoms with E-state index in [2.05, 4.69) is 13.8 Å². The van der Waals surface area contributed by atoms with E-state index in [1.54, 1.807) is 19.1 Å². The molecule has 1 aromatic carbocycles. The minimum absolute atomic E-state index is 0.00864. The van der Waals surface area contributed by atoms with Crippen molar-refractivity contribution >= 4 is 17.5 Å². The standard InChI is InChI=1S/C28H36O4/c1-17(29)22-11-12-23-21-10-9-19-15-20(32-26(31)18-7-5-4-6-8-18)13-14-27(19,2)25(21)24(30)16-28(22,23)3/h4-8,19-23,25H,9-16H2,1-3H3/t19-,20+,21-,22+,23-,25+,27-,28+/m0/s1. The maximum Gasteiger partial charge on any atom is 0.338 e. The summed E-state index contributed by atoms with van der Waals surface area (Å²) in [6.07, 6.45) is 7.36. The summed E-state index contributed by atoms with van der Waals surface area (Å²) in [4.78, 5) is 38.6. The number of fused-ring (bicyclic) bond motifs is 5. The van der Waals surface area contributed by atoms with E-state index in [0.29, 0.717) is 35.5 Å². The van der Waals surface area contributed by atoms with Crippen molar-refractivity contribution in [3.8, 4) is 0 Å². The lowest BCUT2D eigenvalue weighted by molar-refractivity contribution is -0.162. The molecule has 4 aliphatic carbocycles. The fraction of sp³-hybridized carbons (Fsp3) is 0.679. The average molecular weight is 437 g/mol. The maximum absolute atomic E-state index is 13.7. The number of hydrogen-bond donors (Lipinski definition) is 0. The van der Waals surface area contributed by atoms with Crippen LogP contribution in [-0.4, -0.2) is 23.6 Å². The van der Waals surface area contributed by atoms with Crippen LogP contribution < -0.4 is 0 Å². The number of benzene rings is 1. The van der Waals surface area contributed by atoms with Crippen molar-refractivity contribution < 1.29 is 19.1 Å². The van der Waals surface area contributed by atoms with Gasteiger partial charge in [-0.15, -0.1) is 0 Å². The van der Waals surface area contributed by atoms with Gasteiger partial charge < -0.3 is 4.74 Å². The first kappa shape index (κ1) is 21.9. The van der Waals surface area contributed by atoms with Crippen LogP contribution in [0.15, 0.2) is 30.3 Å². The normalized spacial score (nSPS) is 43.0. The maximum atomic E-state index is 13.7. The van der Waals surface area contributed by atoms with Gasteiger partial charge in [0.05, 0.1) is 5.56 Å². The topological polar surface area (TPSA) is 60.4 Å². The van der Waals surface area contributed by atoms with E-state index >= 15 is 0 Å². The molecule has 0 heterocycles. The quantitative estimate of drug-likeness (QED) is 0.576. The van der Waals surface area contributed by atoms with E-state index < -0.39 is 0 Å². The van der Waals surface area contributed by atoms with Crippen LogP contribution in [0.5, 0.6) is 0 Å². The second kappa shape index (κ2) is 7.81. The van der Waals surface area contributed by atoms with Gasteiger partial charge in [-0.25, -0.2) is 4.79 Å². The third-order valence-electron chi connectivity index (χ3n) is 10.1. The zero-order chi connectivity index (χ0) is 22.7. The molecular weight excluding hydrogens is 400 g/mol. The molecule has 172 valence electrons. The Hall–Kier alpha value is -1.97. The molecule has 1 aromatic rings. The lowest BCUT2D eigenvalue weighted by Crippen LogP contribution is -2.58. The van der Waals surface area contributed by atoms with E-state index in [-0.39, 0.29) is 40.5 Å². The summed E-state index contributed by atoms with van der Waals surface area (Å²) in [5, 5.41) is 0. The number of carbonyl (C=O) groups excluding carboxylic acids is 3. The first-order valence-electron chi connectivity index (χ1n) is 12.5. The van der Waals surface area contributed by atoms with Crippen molar-refractivity contribution in [2.24, 2.45) is 40.4 Å². The summed E-state index contributed by atoms with van der Waals surface area (Å²) in [7, 11) is 0. The molecule has 5 rings (SSSR count). The van der Waals surface area contributed by atoms with Crippen LogP contribution >= 0.6 is 0 Å². The largest absolute Gasteiger partial charge is 0.459 e.